The summed E-state index contributed by atoms with van der Waals surface area (Å²) in [5.74, 6) is 0. The largest absolute Gasteiger partial charge is 0.424 e. The van der Waals surface area contributed by atoms with E-state index in [1.165, 1.54) is 0 Å². The molecular weight excluding hydrogens is 282 g/mol. The van der Waals surface area contributed by atoms with Gasteiger partial charge in [0.15, 0.2) is 10.7 Å². The smallest absolute Gasteiger partial charge is 0.258 e. The number of benzene rings is 1. The third-order valence-corrected chi connectivity index (χ3v) is 2.26. The van der Waals surface area contributed by atoms with E-state index in [4.69, 9.17) is 0 Å². The number of hydrogen-bond acceptors (Lipinski definition) is 8. The second kappa shape index (κ2) is 5.09. The monoisotopic (exact) mass is 287 g/mol. The van der Waals surface area contributed by atoms with Crippen LogP contribution < -0.4 is 5.01 Å². The zero-order chi connectivity index (χ0) is 15.6. The fourth-order valence-electron chi connectivity index (χ4n) is 1.41. The Labute approximate surface area is 108 Å². The van der Waals surface area contributed by atoms with E-state index in [2.05, 4.69) is 0 Å². The van der Waals surface area contributed by atoms with Crippen molar-refractivity contribution in [1.29, 1.82) is 0 Å². The summed E-state index contributed by atoms with van der Waals surface area (Å²) >= 11 is 0. The molecule has 0 unspecified atom stereocenters. The van der Waals surface area contributed by atoms with Gasteiger partial charge in [-0.05, 0) is 6.07 Å². The van der Waals surface area contributed by atoms with Gasteiger partial charge in [0.1, 0.15) is 0 Å². The fourth-order valence-corrected chi connectivity index (χ4v) is 1.41. The second-order valence-electron chi connectivity index (χ2n) is 3.33. The highest BCUT2D eigenvalue weighted by atomic mass is 16.7. The first-order valence-corrected chi connectivity index (χ1v) is 4.66. The van der Waals surface area contributed by atoms with Crippen LogP contribution in [0.15, 0.2) is 12.1 Å². The van der Waals surface area contributed by atoms with Gasteiger partial charge in [-0.1, -0.05) is 5.01 Å². The van der Waals surface area contributed by atoms with Crippen LogP contribution >= 0.6 is 0 Å². The second-order valence-corrected chi connectivity index (χ2v) is 3.33. The first kappa shape index (κ1) is 14.7. The van der Waals surface area contributed by atoms with Gasteiger partial charge in [-0.25, -0.2) is 10.1 Å². The van der Waals surface area contributed by atoms with Crippen molar-refractivity contribution in [2.45, 2.75) is 0 Å². The molecule has 0 radical (unpaired) electrons. The van der Waals surface area contributed by atoms with Crippen molar-refractivity contribution in [3.8, 4) is 0 Å². The van der Waals surface area contributed by atoms with Gasteiger partial charge in [0.2, 0.25) is 0 Å². The van der Waals surface area contributed by atoms with Crippen molar-refractivity contribution in [2.24, 2.45) is 0 Å². The summed E-state index contributed by atoms with van der Waals surface area (Å²) in [4.78, 5) is 39.1. The Morgan fingerprint density at radius 2 is 1.35 bits per heavy atom. The molecule has 1 rings (SSSR count). The van der Waals surface area contributed by atoms with Crippen LogP contribution in [0, 0.1) is 40.5 Å². The zero-order valence-corrected chi connectivity index (χ0v) is 9.66. The fraction of sp³-hybridized carbons (Fsp3) is 0.143. The number of anilines is 1. The molecule has 0 atom stereocenters. The minimum absolute atomic E-state index is 0.162. The molecule has 0 aliphatic rings. The van der Waals surface area contributed by atoms with Crippen LogP contribution in [-0.2, 0) is 0 Å². The molecule has 0 bridgehead atoms. The van der Waals surface area contributed by atoms with Gasteiger partial charge in [-0.15, -0.1) is 0 Å². The number of nitro groups is 4. The third-order valence-electron chi connectivity index (χ3n) is 2.26. The Morgan fingerprint density at radius 1 is 0.850 bits per heavy atom. The van der Waals surface area contributed by atoms with Crippen LogP contribution in [-0.4, -0.2) is 26.8 Å². The van der Waals surface area contributed by atoms with Gasteiger partial charge < -0.3 is 0 Å². The molecule has 0 aromatic heterocycles. The van der Waals surface area contributed by atoms with E-state index in [1.807, 2.05) is 0 Å². The maximum absolute atomic E-state index is 10.9. The molecular formula is C7H5N5O8. The Hall–Kier alpha value is -3.38. The van der Waals surface area contributed by atoms with E-state index in [0.717, 1.165) is 7.05 Å². The van der Waals surface area contributed by atoms with E-state index in [1.54, 1.807) is 0 Å². The molecule has 106 valence electrons. The Morgan fingerprint density at radius 3 is 1.70 bits per heavy atom. The summed E-state index contributed by atoms with van der Waals surface area (Å²) in [6.45, 7) is 0. The molecule has 0 aliphatic carbocycles. The van der Waals surface area contributed by atoms with Crippen LogP contribution in [0.2, 0.25) is 0 Å². The van der Waals surface area contributed by atoms with Crippen molar-refractivity contribution in [3.63, 3.8) is 0 Å². The van der Waals surface area contributed by atoms with Gasteiger partial charge in [0, 0.05) is 6.07 Å². The number of nitro benzene ring substituents is 3. The molecule has 0 spiro atoms. The number of hydrogen-bond donors (Lipinski definition) is 0. The highest BCUT2D eigenvalue weighted by molar-refractivity contribution is 5.78. The van der Waals surface area contributed by atoms with Gasteiger partial charge in [0.05, 0.1) is 21.8 Å². The summed E-state index contributed by atoms with van der Waals surface area (Å²) in [5, 5.41) is 42.0. The Kier molecular flexibility index (Phi) is 3.73. The average Bonchev–Trinajstić information content (AvgIpc) is 2.35. The average molecular weight is 287 g/mol. The molecule has 1 aromatic rings. The minimum atomic E-state index is -1.41. The lowest BCUT2D eigenvalue weighted by molar-refractivity contribution is -0.492. The molecule has 0 fully saturated rings. The zero-order valence-electron chi connectivity index (χ0n) is 9.66. The highest BCUT2D eigenvalue weighted by Gasteiger charge is 2.41. The van der Waals surface area contributed by atoms with Crippen LogP contribution in [0.25, 0.3) is 0 Å². The van der Waals surface area contributed by atoms with E-state index in [-0.39, 0.29) is 5.01 Å². The molecule has 13 nitrogen and oxygen atoms in total. The topological polar surface area (TPSA) is 176 Å². The van der Waals surface area contributed by atoms with Gasteiger partial charge in [-0.3, -0.25) is 30.3 Å². The highest BCUT2D eigenvalue weighted by Crippen LogP contribution is 2.42. The van der Waals surface area contributed by atoms with Crippen molar-refractivity contribution in [2.75, 3.05) is 12.1 Å². The Balaban J connectivity index is 3.78. The molecule has 1 aromatic carbocycles. The molecule has 13 heteroatoms. The first-order valence-electron chi connectivity index (χ1n) is 4.66. The SMILES string of the molecule is CN(c1ccc([N+](=O)[O-])c([N+](=O)[O-])c1[N+](=O)[O-])[N+](=O)[O-]. The van der Waals surface area contributed by atoms with Gasteiger partial charge in [0.25, 0.3) is 0 Å². The molecule has 0 N–H and O–H groups in total. The van der Waals surface area contributed by atoms with E-state index in [0.29, 0.717) is 12.1 Å². The van der Waals surface area contributed by atoms with Crippen LogP contribution in [0.5, 0.6) is 0 Å². The quantitative estimate of drug-likeness (QED) is 0.565. The number of nitrogens with zero attached hydrogens (tertiary/aromatic N) is 5. The number of hydrazine groups is 1. The maximum Gasteiger partial charge on any atom is 0.424 e. The summed E-state index contributed by atoms with van der Waals surface area (Å²) in [5.41, 5.74) is -4.59. The molecule has 0 amide bonds. The lowest BCUT2D eigenvalue weighted by Crippen LogP contribution is -2.25. The van der Waals surface area contributed by atoms with Crippen LogP contribution in [0.3, 0.4) is 0 Å². The van der Waals surface area contributed by atoms with Crippen molar-refractivity contribution in [1.82, 2.24) is 0 Å². The summed E-state index contributed by atoms with van der Waals surface area (Å²) in [7, 11) is 0.817. The Bertz CT molecular complexity index is 628. The summed E-state index contributed by atoms with van der Waals surface area (Å²) < 4.78 is 0. The lowest BCUT2D eigenvalue weighted by atomic mass is 10.2. The molecule has 0 saturated heterocycles. The first-order chi connectivity index (χ1) is 9.18. The predicted octanol–water partition coefficient (Wildman–Crippen LogP) is 1.04. The van der Waals surface area contributed by atoms with Gasteiger partial charge >= 0.3 is 17.1 Å². The molecule has 20 heavy (non-hydrogen) atoms. The van der Waals surface area contributed by atoms with Gasteiger partial charge in [-0.2, -0.15) is 0 Å². The lowest BCUT2D eigenvalue weighted by Gasteiger charge is -2.08. The third kappa shape index (κ3) is 2.40. The van der Waals surface area contributed by atoms with E-state index in [9.17, 15) is 40.5 Å². The van der Waals surface area contributed by atoms with E-state index >= 15 is 0 Å². The standard InChI is InChI=1S/C7H5N5O8/c1-8(12(19)20)4-2-3-5(9(13)14)7(11(17)18)6(4)10(15)16/h2-3H,1H3. The normalized spacial score (nSPS) is 9.85. The summed E-state index contributed by atoms with van der Waals surface area (Å²) in [6.07, 6.45) is 0. The maximum atomic E-state index is 10.9. The summed E-state index contributed by atoms with van der Waals surface area (Å²) in [6, 6.07) is 1.30. The van der Waals surface area contributed by atoms with Crippen molar-refractivity contribution >= 4 is 22.7 Å². The van der Waals surface area contributed by atoms with Crippen molar-refractivity contribution < 1.29 is 19.8 Å². The minimum Gasteiger partial charge on any atom is -0.258 e. The van der Waals surface area contributed by atoms with E-state index < -0.39 is 42.6 Å². The predicted molar refractivity (Wildman–Crippen MR) is 61.8 cm³/mol. The number of rotatable bonds is 5. The van der Waals surface area contributed by atoms with Crippen molar-refractivity contribution in [3.05, 3.63) is 52.6 Å². The molecule has 0 heterocycles. The van der Waals surface area contributed by atoms with Crippen LogP contribution in [0.1, 0.15) is 0 Å². The molecule has 0 aliphatic heterocycles. The van der Waals surface area contributed by atoms with Crippen LogP contribution in [0.4, 0.5) is 22.7 Å². The molecule has 0 saturated carbocycles.